The van der Waals surface area contributed by atoms with Crippen LogP contribution < -0.4 is 5.32 Å². The van der Waals surface area contributed by atoms with E-state index in [-0.39, 0.29) is 11.7 Å². The topological polar surface area (TPSA) is 29.1 Å². The van der Waals surface area contributed by atoms with Gasteiger partial charge in [-0.15, -0.1) is 11.3 Å². The van der Waals surface area contributed by atoms with Crippen LogP contribution in [0.3, 0.4) is 0 Å². The highest BCUT2D eigenvalue weighted by atomic mass is 32.1. The van der Waals surface area contributed by atoms with Crippen molar-refractivity contribution in [3.8, 4) is 0 Å². The van der Waals surface area contributed by atoms with Crippen molar-refractivity contribution in [3.63, 3.8) is 0 Å². The lowest BCUT2D eigenvalue weighted by atomic mass is 10.0. The third-order valence-corrected chi connectivity index (χ3v) is 4.34. The molecule has 0 aliphatic rings. The number of halogens is 1. The number of carbonyl (C=O) groups is 1. The molecular formula is C20H16FNOS. The van der Waals surface area contributed by atoms with Gasteiger partial charge in [0.1, 0.15) is 5.82 Å². The Kier molecular flexibility index (Phi) is 5.18. The van der Waals surface area contributed by atoms with Crippen molar-refractivity contribution in [3.05, 3.63) is 93.9 Å². The Balaban J connectivity index is 1.80. The van der Waals surface area contributed by atoms with Gasteiger partial charge in [-0.05, 0) is 40.8 Å². The normalized spacial score (nSPS) is 11.3. The van der Waals surface area contributed by atoms with Crippen molar-refractivity contribution < 1.29 is 9.18 Å². The number of carbonyl (C=O) groups excluding carboxylic acids is 1. The standard InChI is InChI=1S/C20H16FNOS/c21-17-10-8-15(9-11-17)14-22-20(23)19(13-18-7-4-12-24-18)16-5-2-1-3-6-16/h1-13H,14H2,(H,22,23)/b19-13-. The minimum Gasteiger partial charge on any atom is -0.348 e. The molecule has 3 rings (SSSR count). The Bertz CT molecular complexity index is 824. The zero-order chi connectivity index (χ0) is 16.8. The fourth-order valence-corrected chi connectivity index (χ4v) is 2.95. The Morgan fingerprint density at radius 1 is 1.00 bits per heavy atom. The lowest BCUT2D eigenvalue weighted by Gasteiger charge is -2.09. The second-order valence-electron chi connectivity index (χ2n) is 5.25. The summed E-state index contributed by atoms with van der Waals surface area (Å²) in [6.45, 7) is 0.355. The van der Waals surface area contributed by atoms with Gasteiger partial charge in [0.2, 0.25) is 0 Å². The van der Waals surface area contributed by atoms with Gasteiger partial charge in [0.05, 0.1) is 0 Å². The monoisotopic (exact) mass is 337 g/mol. The lowest BCUT2D eigenvalue weighted by molar-refractivity contribution is -0.115. The molecule has 120 valence electrons. The van der Waals surface area contributed by atoms with Crippen molar-refractivity contribution in [1.29, 1.82) is 0 Å². The molecule has 4 heteroatoms. The molecule has 0 aliphatic carbocycles. The van der Waals surface area contributed by atoms with Gasteiger partial charge in [-0.25, -0.2) is 4.39 Å². The van der Waals surface area contributed by atoms with Gasteiger partial charge >= 0.3 is 0 Å². The van der Waals surface area contributed by atoms with Crippen LogP contribution in [0.4, 0.5) is 4.39 Å². The third kappa shape index (κ3) is 4.18. The summed E-state index contributed by atoms with van der Waals surface area (Å²) in [5.74, 6) is -0.438. The average molecular weight is 337 g/mol. The van der Waals surface area contributed by atoms with Crippen LogP contribution in [0.2, 0.25) is 0 Å². The van der Waals surface area contributed by atoms with Crippen LogP contribution in [-0.4, -0.2) is 5.91 Å². The summed E-state index contributed by atoms with van der Waals surface area (Å²) in [7, 11) is 0. The summed E-state index contributed by atoms with van der Waals surface area (Å²) in [4.78, 5) is 13.7. The Hall–Kier alpha value is -2.72. The van der Waals surface area contributed by atoms with Crippen molar-refractivity contribution >= 4 is 28.9 Å². The molecular weight excluding hydrogens is 321 g/mol. The summed E-state index contributed by atoms with van der Waals surface area (Å²) in [5.41, 5.74) is 2.33. The second kappa shape index (κ2) is 7.70. The smallest absolute Gasteiger partial charge is 0.252 e. The predicted octanol–water partition coefficient (Wildman–Crippen LogP) is 4.74. The molecule has 1 heterocycles. The lowest BCUT2D eigenvalue weighted by Crippen LogP contribution is -2.23. The molecule has 3 aromatic rings. The van der Waals surface area contributed by atoms with E-state index in [0.717, 1.165) is 16.0 Å². The van der Waals surface area contributed by atoms with Crippen LogP contribution in [0.1, 0.15) is 16.0 Å². The van der Waals surface area contributed by atoms with Gasteiger partial charge in [0.25, 0.3) is 5.91 Å². The second-order valence-corrected chi connectivity index (χ2v) is 6.23. The van der Waals surface area contributed by atoms with Gasteiger partial charge in [0, 0.05) is 17.0 Å². The first-order chi connectivity index (χ1) is 11.7. The van der Waals surface area contributed by atoms with Crippen LogP contribution in [0.25, 0.3) is 11.6 Å². The van der Waals surface area contributed by atoms with Crippen molar-refractivity contribution in [1.82, 2.24) is 5.32 Å². The van der Waals surface area contributed by atoms with E-state index in [1.807, 2.05) is 53.9 Å². The first-order valence-electron chi connectivity index (χ1n) is 7.55. The quantitative estimate of drug-likeness (QED) is 0.669. The molecule has 0 radical (unpaired) electrons. The Morgan fingerprint density at radius 3 is 2.42 bits per heavy atom. The molecule has 0 bridgehead atoms. The number of amides is 1. The number of nitrogens with one attached hydrogen (secondary N) is 1. The van der Waals surface area contributed by atoms with Crippen LogP contribution in [-0.2, 0) is 11.3 Å². The van der Waals surface area contributed by atoms with E-state index >= 15 is 0 Å². The highest BCUT2D eigenvalue weighted by Gasteiger charge is 2.12. The SMILES string of the molecule is O=C(NCc1ccc(F)cc1)/C(=C\c1cccs1)c1ccccc1. The number of hydrogen-bond donors (Lipinski definition) is 1. The number of benzene rings is 2. The molecule has 24 heavy (non-hydrogen) atoms. The molecule has 2 aromatic carbocycles. The molecule has 0 saturated heterocycles. The molecule has 1 aromatic heterocycles. The van der Waals surface area contributed by atoms with E-state index in [4.69, 9.17) is 0 Å². The third-order valence-electron chi connectivity index (χ3n) is 3.53. The van der Waals surface area contributed by atoms with Gasteiger partial charge < -0.3 is 5.32 Å². The van der Waals surface area contributed by atoms with Crippen LogP contribution in [0.5, 0.6) is 0 Å². The summed E-state index contributed by atoms with van der Waals surface area (Å²) in [6, 6.07) is 19.6. The zero-order valence-electron chi connectivity index (χ0n) is 12.9. The summed E-state index contributed by atoms with van der Waals surface area (Å²) in [6.07, 6.45) is 1.89. The van der Waals surface area contributed by atoms with Crippen LogP contribution in [0.15, 0.2) is 72.1 Å². The summed E-state index contributed by atoms with van der Waals surface area (Å²) in [5, 5.41) is 4.88. The minimum atomic E-state index is -0.285. The van der Waals surface area contributed by atoms with Gasteiger partial charge in [-0.1, -0.05) is 48.5 Å². The molecule has 0 spiro atoms. The van der Waals surface area contributed by atoms with Gasteiger partial charge in [-0.3, -0.25) is 4.79 Å². The largest absolute Gasteiger partial charge is 0.348 e. The van der Waals surface area contributed by atoms with Crippen LogP contribution >= 0.6 is 11.3 Å². The minimum absolute atomic E-state index is 0.154. The van der Waals surface area contributed by atoms with Crippen molar-refractivity contribution in [2.45, 2.75) is 6.54 Å². The molecule has 1 N–H and O–H groups in total. The molecule has 2 nitrogen and oxygen atoms in total. The van der Waals surface area contributed by atoms with E-state index < -0.39 is 0 Å². The fourth-order valence-electron chi connectivity index (χ4n) is 2.29. The molecule has 0 saturated carbocycles. The van der Waals surface area contributed by atoms with Gasteiger partial charge in [-0.2, -0.15) is 0 Å². The van der Waals surface area contributed by atoms with Gasteiger partial charge in [0.15, 0.2) is 0 Å². The van der Waals surface area contributed by atoms with Crippen molar-refractivity contribution in [2.24, 2.45) is 0 Å². The predicted molar refractivity (Wildman–Crippen MR) is 96.9 cm³/mol. The van der Waals surface area contributed by atoms with E-state index in [1.165, 1.54) is 12.1 Å². The highest BCUT2D eigenvalue weighted by Crippen LogP contribution is 2.21. The zero-order valence-corrected chi connectivity index (χ0v) is 13.7. The molecule has 1 amide bonds. The molecule has 0 unspecified atom stereocenters. The van der Waals surface area contributed by atoms with Crippen molar-refractivity contribution in [2.75, 3.05) is 0 Å². The maximum atomic E-state index is 13.0. The summed E-state index contributed by atoms with van der Waals surface area (Å²) < 4.78 is 13.0. The Labute approximate surface area is 144 Å². The molecule has 0 fully saturated rings. The number of rotatable bonds is 5. The maximum absolute atomic E-state index is 13.0. The van der Waals surface area contributed by atoms with E-state index in [1.54, 1.807) is 23.5 Å². The first kappa shape index (κ1) is 16.1. The molecule has 0 aliphatic heterocycles. The van der Waals surface area contributed by atoms with E-state index in [9.17, 15) is 9.18 Å². The van der Waals surface area contributed by atoms with E-state index in [0.29, 0.717) is 12.1 Å². The average Bonchev–Trinajstić information content (AvgIpc) is 3.13. The molecule has 0 atom stereocenters. The number of thiophene rings is 1. The number of hydrogen-bond acceptors (Lipinski definition) is 2. The summed E-state index contributed by atoms with van der Waals surface area (Å²) >= 11 is 1.58. The van der Waals surface area contributed by atoms with Crippen LogP contribution in [0, 0.1) is 5.82 Å². The Morgan fingerprint density at radius 2 is 1.75 bits per heavy atom. The maximum Gasteiger partial charge on any atom is 0.252 e. The first-order valence-corrected chi connectivity index (χ1v) is 8.43. The van der Waals surface area contributed by atoms with E-state index in [2.05, 4.69) is 5.32 Å². The highest BCUT2D eigenvalue weighted by molar-refractivity contribution is 7.11. The fraction of sp³-hybridized carbons (Fsp3) is 0.0500.